The lowest BCUT2D eigenvalue weighted by Crippen LogP contribution is -2.43. The molecule has 1 aromatic carbocycles. The lowest BCUT2D eigenvalue weighted by Gasteiger charge is -2.25. The van der Waals surface area contributed by atoms with E-state index in [1.807, 2.05) is 18.2 Å². The maximum absolute atomic E-state index is 12.2. The minimum atomic E-state index is -0.0321. The van der Waals surface area contributed by atoms with Gasteiger partial charge in [-0.1, -0.05) is 28.9 Å². The van der Waals surface area contributed by atoms with Crippen LogP contribution in [0.15, 0.2) is 28.8 Å². The van der Waals surface area contributed by atoms with E-state index in [2.05, 4.69) is 15.0 Å². The number of benzene rings is 1. The molecule has 24 heavy (non-hydrogen) atoms. The molecule has 3 rings (SSSR count). The Morgan fingerprint density at radius 1 is 1.46 bits per heavy atom. The van der Waals surface area contributed by atoms with Crippen molar-refractivity contribution >= 4 is 17.5 Å². The van der Waals surface area contributed by atoms with Crippen molar-refractivity contribution in [3.8, 4) is 11.4 Å². The summed E-state index contributed by atoms with van der Waals surface area (Å²) in [5.41, 5.74) is 0.833. The Kier molecular flexibility index (Phi) is 5.16. The molecule has 6 nitrogen and oxygen atoms in total. The van der Waals surface area contributed by atoms with Gasteiger partial charge < -0.3 is 9.42 Å². The summed E-state index contributed by atoms with van der Waals surface area (Å²) in [5, 5.41) is 4.66. The third kappa shape index (κ3) is 3.76. The standard InChI is InChI=1S/C17H21ClN4O2/c1-21(2)17(23)14-7-4-9-22(14)10-8-15-19-16(20-24-15)12-5-3-6-13(18)11-12/h3,5-6,11,14H,4,7-10H2,1-2H3. The van der Waals surface area contributed by atoms with E-state index in [0.717, 1.165) is 31.5 Å². The number of likely N-dealkylation sites (N-methyl/N-ethyl adjacent to an activating group) is 1. The molecule has 1 amide bonds. The highest BCUT2D eigenvalue weighted by molar-refractivity contribution is 6.30. The van der Waals surface area contributed by atoms with Crippen LogP contribution in [0.1, 0.15) is 18.7 Å². The van der Waals surface area contributed by atoms with E-state index < -0.39 is 0 Å². The maximum Gasteiger partial charge on any atom is 0.239 e. The van der Waals surface area contributed by atoms with Gasteiger partial charge in [-0.05, 0) is 31.5 Å². The summed E-state index contributed by atoms with van der Waals surface area (Å²) in [6.45, 7) is 1.67. The second kappa shape index (κ2) is 7.32. The molecular weight excluding hydrogens is 328 g/mol. The van der Waals surface area contributed by atoms with E-state index in [1.54, 1.807) is 25.1 Å². The number of nitrogens with zero attached hydrogens (tertiary/aromatic N) is 4. The van der Waals surface area contributed by atoms with Crippen molar-refractivity contribution in [3.05, 3.63) is 35.2 Å². The van der Waals surface area contributed by atoms with Gasteiger partial charge >= 0.3 is 0 Å². The molecule has 1 aliphatic heterocycles. The summed E-state index contributed by atoms with van der Waals surface area (Å²) < 4.78 is 5.34. The quantitative estimate of drug-likeness (QED) is 0.830. The van der Waals surface area contributed by atoms with Gasteiger partial charge in [0.25, 0.3) is 0 Å². The van der Waals surface area contributed by atoms with Crippen LogP contribution in [0.4, 0.5) is 0 Å². The number of aromatic nitrogens is 2. The van der Waals surface area contributed by atoms with Crippen molar-refractivity contribution in [2.75, 3.05) is 27.2 Å². The summed E-state index contributed by atoms with van der Waals surface area (Å²) in [5.74, 6) is 1.28. The fourth-order valence-electron chi connectivity index (χ4n) is 3.01. The highest BCUT2D eigenvalue weighted by atomic mass is 35.5. The van der Waals surface area contributed by atoms with E-state index in [4.69, 9.17) is 16.1 Å². The lowest BCUT2D eigenvalue weighted by molar-refractivity contribution is -0.133. The smallest absolute Gasteiger partial charge is 0.239 e. The SMILES string of the molecule is CN(C)C(=O)C1CCCN1CCc1nc(-c2cccc(Cl)c2)no1. The highest BCUT2D eigenvalue weighted by Crippen LogP contribution is 2.21. The first-order valence-corrected chi connectivity index (χ1v) is 8.46. The Morgan fingerprint density at radius 2 is 2.29 bits per heavy atom. The number of rotatable bonds is 5. The molecule has 2 heterocycles. The predicted molar refractivity (Wildman–Crippen MR) is 91.7 cm³/mol. The van der Waals surface area contributed by atoms with Crippen LogP contribution in [-0.2, 0) is 11.2 Å². The van der Waals surface area contributed by atoms with Gasteiger partial charge in [0.1, 0.15) is 0 Å². The van der Waals surface area contributed by atoms with Crippen LogP contribution in [0.2, 0.25) is 5.02 Å². The zero-order valence-corrected chi connectivity index (χ0v) is 14.7. The van der Waals surface area contributed by atoms with Crippen LogP contribution in [0.5, 0.6) is 0 Å². The topological polar surface area (TPSA) is 62.5 Å². The first-order chi connectivity index (χ1) is 11.5. The van der Waals surface area contributed by atoms with E-state index in [0.29, 0.717) is 23.2 Å². The van der Waals surface area contributed by atoms with Gasteiger partial charge in [0.05, 0.1) is 6.04 Å². The van der Waals surface area contributed by atoms with Crippen LogP contribution in [0, 0.1) is 0 Å². The molecule has 0 N–H and O–H groups in total. The molecule has 1 aliphatic rings. The molecule has 0 bridgehead atoms. The molecule has 1 atom stereocenters. The summed E-state index contributed by atoms with van der Waals surface area (Å²) >= 11 is 5.99. The van der Waals surface area contributed by atoms with E-state index in [-0.39, 0.29) is 11.9 Å². The number of carbonyl (C=O) groups is 1. The zero-order chi connectivity index (χ0) is 17.1. The number of halogens is 1. The van der Waals surface area contributed by atoms with Crippen LogP contribution in [0.3, 0.4) is 0 Å². The normalized spacial score (nSPS) is 18.0. The number of carbonyl (C=O) groups excluding carboxylic acids is 1. The van der Waals surface area contributed by atoms with E-state index in [9.17, 15) is 4.79 Å². The van der Waals surface area contributed by atoms with Crippen LogP contribution in [-0.4, -0.2) is 59.1 Å². The monoisotopic (exact) mass is 348 g/mol. The average Bonchev–Trinajstić information content (AvgIpc) is 3.21. The van der Waals surface area contributed by atoms with Gasteiger partial charge in [-0.2, -0.15) is 4.98 Å². The van der Waals surface area contributed by atoms with E-state index in [1.165, 1.54) is 0 Å². The van der Waals surface area contributed by atoms with Gasteiger partial charge in [0.2, 0.25) is 17.6 Å². The van der Waals surface area contributed by atoms with Crippen LogP contribution >= 0.6 is 11.6 Å². The molecular formula is C17H21ClN4O2. The van der Waals surface area contributed by atoms with Gasteiger partial charge in [-0.3, -0.25) is 9.69 Å². The zero-order valence-electron chi connectivity index (χ0n) is 13.9. The molecule has 128 valence electrons. The molecule has 1 fully saturated rings. The number of hydrogen-bond donors (Lipinski definition) is 0. The molecule has 1 unspecified atom stereocenters. The molecule has 2 aromatic rings. The Hall–Kier alpha value is -1.92. The molecule has 0 spiro atoms. The first-order valence-electron chi connectivity index (χ1n) is 8.08. The minimum absolute atomic E-state index is 0.0321. The molecule has 0 radical (unpaired) electrons. The summed E-state index contributed by atoms with van der Waals surface area (Å²) in [7, 11) is 3.60. The van der Waals surface area contributed by atoms with Gasteiger partial charge in [-0.25, -0.2) is 0 Å². The fourth-order valence-corrected chi connectivity index (χ4v) is 3.20. The highest BCUT2D eigenvalue weighted by Gasteiger charge is 2.31. The lowest BCUT2D eigenvalue weighted by atomic mass is 10.2. The fraction of sp³-hybridized carbons (Fsp3) is 0.471. The Balaban J connectivity index is 1.62. The molecule has 0 saturated carbocycles. The molecule has 0 aliphatic carbocycles. The number of hydrogen-bond acceptors (Lipinski definition) is 5. The van der Waals surface area contributed by atoms with Gasteiger partial charge in [0.15, 0.2) is 0 Å². The number of likely N-dealkylation sites (tertiary alicyclic amines) is 1. The van der Waals surface area contributed by atoms with Crippen LogP contribution in [0.25, 0.3) is 11.4 Å². The maximum atomic E-state index is 12.2. The summed E-state index contributed by atoms with van der Waals surface area (Å²) in [6.07, 6.45) is 2.58. The largest absolute Gasteiger partial charge is 0.347 e. The van der Waals surface area contributed by atoms with Crippen molar-refractivity contribution in [3.63, 3.8) is 0 Å². The molecule has 1 aromatic heterocycles. The Morgan fingerprint density at radius 3 is 3.04 bits per heavy atom. The summed E-state index contributed by atoms with van der Waals surface area (Å²) in [6, 6.07) is 7.33. The van der Waals surface area contributed by atoms with Crippen molar-refractivity contribution in [1.29, 1.82) is 0 Å². The molecule has 1 saturated heterocycles. The van der Waals surface area contributed by atoms with Crippen molar-refractivity contribution in [2.24, 2.45) is 0 Å². The first kappa shape index (κ1) is 16.9. The number of amides is 1. The van der Waals surface area contributed by atoms with Crippen molar-refractivity contribution < 1.29 is 9.32 Å². The average molecular weight is 349 g/mol. The van der Waals surface area contributed by atoms with Crippen LogP contribution < -0.4 is 0 Å². The third-order valence-electron chi connectivity index (χ3n) is 4.25. The van der Waals surface area contributed by atoms with Crippen molar-refractivity contribution in [1.82, 2.24) is 19.9 Å². The second-order valence-corrected chi connectivity index (χ2v) is 6.64. The van der Waals surface area contributed by atoms with Gasteiger partial charge in [-0.15, -0.1) is 0 Å². The Bertz CT molecular complexity index is 716. The van der Waals surface area contributed by atoms with Gasteiger partial charge in [0, 0.05) is 37.6 Å². The van der Waals surface area contributed by atoms with Crippen molar-refractivity contribution in [2.45, 2.75) is 25.3 Å². The Labute approximate surface area is 146 Å². The van der Waals surface area contributed by atoms with E-state index >= 15 is 0 Å². The predicted octanol–water partition coefficient (Wildman–Crippen LogP) is 2.49. The second-order valence-electron chi connectivity index (χ2n) is 6.20. The third-order valence-corrected chi connectivity index (χ3v) is 4.49. The molecule has 7 heteroatoms. The minimum Gasteiger partial charge on any atom is -0.347 e. The summed E-state index contributed by atoms with van der Waals surface area (Å²) in [4.78, 5) is 20.5.